The van der Waals surface area contributed by atoms with E-state index in [1.165, 1.54) is 61.8 Å². The Morgan fingerprint density at radius 3 is 1.96 bits per heavy atom. The van der Waals surface area contributed by atoms with Crippen LogP contribution >= 0.6 is 23.2 Å². The van der Waals surface area contributed by atoms with Crippen molar-refractivity contribution in [2.24, 2.45) is 0 Å². The second-order valence-electron chi connectivity index (χ2n) is 14.7. The Labute approximate surface area is 308 Å². The minimum absolute atomic E-state index is 0.110. The molecule has 0 atom stereocenters. The molecule has 4 heteroatoms. The standard InChI is InChI=1S/C46H47Cl2N2/c1-7-49-39-25-23-35(47)29-37(39)45(3,4)41(49)27-21-33-19-20-34(44(33)43(31-15-11-9-12-16-31)32-17-13-10-14-18-32)22-28-42-46(5,6)38-30-36(48)24-26-40(38)50(42)8-2/h9-18,21-30,43H,7-8,19-20H2,1-6H3/q+1. The summed E-state index contributed by atoms with van der Waals surface area (Å²) in [6.07, 6.45) is 11.6. The SMILES string of the molecule is CCN1/C(=C/C=C2\CCC(/C=C/C3=[N+](CC)c4ccc(Cl)cc4C3(C)C)=C2C(c2ccccc2)c2ccccc2)C(C)(C)c2cc(Cl)ccc21. The molecule has 50 heavy (non-hydrogen) atoms. The van der Waals surface area contributed by atoms with Crippen LogP contribution in [-0.2, 0) is 10.8 Å². The molecule has 0 saturated carbocycles. The first kappa shape index (κ1) is 34.3. The molecule has 2 nitrogen and oxygen atoms in total. The van der Waals surface area contributed by atoms with Crippen LogP contribution < -0.4 is 4.90 Å². The number of allylic oxidation sites excluding steroid dienone is 8. The molecular weight excluding hydrogens is 651 g/mol. The van der Waals surface area contributed by atoms with Crippen LogP contribution in [0.25, 0.3) is 0 Å². The first-order valence-electron chi connectivity index (χ1n) is 18.0. The zero-order chi connectivity index (χ0) is 35.2. The number of benzene rings is 4. The Balaban J connectivity index is 1.40. The zero-order valence-electron chi connectivity index (χ0n) is 30.1. The maximum absolute atomic E-state index is 6.53. The van der Waals surface area contributed by atoms with Gasteiger partial charge in [-0.25, -0.2) is 0 Å². The van der Waals surface area contributed by atoms with Crippen molar-refractivity contribution in [2.45, 2.75) is 71.1 Å². The van der Waals surface area contributed by atoms with Crippen LogP contribution in [-0.4, -0.2) is 23.4 Å². The molecule has 4 aromatic carbocycles. The molecule has 0 amide bonds. The number of anilines is 1. The third kappa shape index (κ3) is 5.91. The molecule has 7 rings (SSSR count). The van der Waals surface area contributed by atoms with Gasteiger partial charge in [0, 0.05) is 57.0 Å². The van der Waals surface area contributed by atoms with Crippen LogP contribution in [0.3, 0.4) is 0 Å². The summed E-state index contributed by atoms with van der Waals surface area (Å²) >= 11 is 13.1. The van der Waals surface area contributed by atoms with Crippen molar-refractivity contribution >= 4 is 40.3 Å². The maximum atomic E-state index is 6.53. The molecule has 0 fully saturated rings. The summed E-state index contributed by atoms with van der Waals surface area (Å²) in [6, 6.07) is 34.7. The van der Waals surface area contributed by atoms with Crippen LogP contribution in [0, 0.1) is 0 Å². The van der Waals surface area contributed by atoms with E-state index in [2.05, 4.69) is 160 Å². The van der Waals surface area contributed by atoms with Crippen LogP contribution in [0.1, 0.15) is 82.6 Å². The van der Waals surface area contributed by atoms with Gasteiger partial charge in [-0.15, -0.1) is 0 Å². The molecule has 0 unspecified atom stereocenters. The molecule has 1 aliphatic carbocycles. The van der Waals surface area contributed by atoms with Crippen LogP contribution in [0.2, 0.25) is 10.0 Å². The van der Waals surface area contributed by atoms with E-state index >= 15 is 0 Å². The number of hydrogen-bond donors (Lipinski definition) is 0. The van der Waals surface area contributed by atoms with Crippen molar-refractivity contribution in [1.29, 1.82) is 0 Å². The second kappa shape index (κ2) is 13.5. The molecule has 254 valence electrons. The summed E-state index contributed by atoms with van der Waals surface area (Å²) in [4.78, 5) is 2.45. The number of hydrogen-bond acceptors (Lipinski definition) is 1. The van der Waals surface area contributed by atoms with Gasteiger partial charge >= 0.3 is 0 Å². The summed E-state index contributed by atoms with van der Waals surface area (Å²) in [6.45, 7) is 15.6. The minimum Gasteiger partial charge on any atom is -0.344 e. The van der Waals surface area contributed by atoms with E-state index in [0.29, 0.717) is 0 Å². The van der Waals surface area contributed by atoms with E-state index < -0.39 is 0 Å². The highest BCUT2D eigenvalue weighted by Crippen LogP contribution is 2.50. The number of nitrogens with zero attached hydrogens (tertiary/aromatic N) is 2. The quantitative estimate of drug-likeness (QED) is 0.166. The molecule has 0 saturated heterocycles. The van der Waals surface area contributed by atoms with E-state index in [0.717, 1.165) is 36.0 Å². The lowest BCUT2D eigenvalue weighted by atomic mass is 9.80. The maximum Gasteiger partial charge on any atom is 0.209 e. The molecule has 3 aliphatic rings. The number of rotatable bonds is 8. The summed E-state index contributed by atoms with van der Waals surface area (Å²) in [5.74, 6) is 0.110. The van der Waals surface area contributed by atoms with Crippen molar-refractivity contribution < 1.29 is 4.58 Å². The second-order valence-corrected chi connectivity index (χ2v) is 15.6. The van der Waals surface area contributed by atoms with Gasteiger partial charge in [0.2, 0.25) is 5.69 Å². The van der Waals surface area contributed by atoms with Gasteiger partial charge in [0.25, 0.3) is 0 Å². The van der Waals surface area contributed by atoms with Crippen molar-refractivity contribution in [1.82, 2.24) is 0 Å². The highest BCUT2D eigenvalue weighted by atomic mass is 35.5. The summed E-state index contributed by atoms with van der Waals surface area (Å²) < 4.78 is 2.45. The van der Waals surface area contributed by atoms with Gasteiger partial charge in [-0.3, -0.25) is 0 Å². The summed E-state index contributed by atoms with van der Waals surface area (Å²) in [7, 11) is 0. The number of halogens is 2. The lowest BCUT2D eigenvalue weighted by molar-refractivity contribution is -0.433. The van der Waals surface area contributed by atoms with Gasteiger partial charge in [-0.1, -0.05) is 110 Å². The van der Waals surface area contributed by atoms with E-state index in [4.69, 9.17) is 23.2 Å². The predicted molar refractivity (Wildman–Crippen MR) is 214 cm³/mol. The minimum atomic E-state index is -0.164. The van der Waals surface area contributed by atoms with Crippen LogP contribution in [0.15, 0.2) is 144 Å². The van der Waals surface area contributed by atoms with Gasteiger partial charge in [-0.05, 0) is 110 Å². The monoisotopic (exact) mass is 697 g/mol. The van der Waals surface area contributed by atoms with E-state index in [-0.39, 0.29) is 16.7 Å². The van der Waals surface area contributed by atoms with E-state index in [9.17, 15) is 0 Å². The van der Waals surface area contributed by atoms with Gasteiger partial charge in [0.15, 0.2) is 5.71 Å². The van der Waals surface area contributed by atoms with Crippen molar-refractivity contribution in [3.05, 3.63) is 176 Å². The normalized spacial score (nSPS) is 19.5. The lowest BCUT2D eigenvalue weighted by Gasteiger charge is -2.26. The fourth-order valence-electron chi connectivity index (χ4n) is 8.61. The molecule has 4 aromatic rings. The molecule has 0 N–H and O–H groups in total. The Morgan fingerprint density at radius 2 is 1.34 bits per heavy atom. The zero-order valence-corrected chi connectivity index (χ0v) is 31.6. The van der Waals surface area contributed by atoms with Crippen molar-refractivity contribution in [3.63, 3.8) is 0 Å². The summed E-state index contributed by atoms with van der Waals surface area (Å²) in [5, 5.41) is 1.57. The van der Waals surface area contributed by atoms with Gasteiger partial charge in [-0.2, -0.15) is 4.58 Å². The Hall–Kier alpha value is -4.11. The third-order valence-corrected chi connectivity index (χ3v) is 11.6. The van der Waals surface area contributed by atoms with E-state index in [1.54, 1.807) is 0 Å². The highest BCUT2D eigenvalue weighted by molar-refractivity contribution is 6.31. The van der Waals surface area contributed by atoms with Gasteiger partial charge in [0.05, 0.1) is 5.41 Å². The van der Waals surface area contributed by atoms with Gasteiger partial charge < -0.3 is 4.90 Å². The first-order valence-corrected chi connectivity index (χ1v) is 18.8. The number of likely N-dealkylation sites (N-methyl/N-ethyl adjacent to an activating group) is 1. The highest BCUT2D eigenvalue weighted by Gasteiger charge is 2.44. The average molecular weight is 699 g/mol. The topological polar surface area (TPSA) is 6.25 Å². The Kier molecular flexibility index (Phi) is 9.31. The van der Waals surface area contributed by atoms with Crippen molar-refractivity contribution in [3.8, 4) is 0 Å². The molecule has 0 bridgehead atoms. The lowest BCUT2D eigenvalue weighted by Crippen LogP contribution is -2.27. The molecule has 0 radical (unpaired) electrons. The molecule has 2 heterocycles. The predicted octanol–water partition coefficient (Wildman–Crippen LogP) is 12.5. The largest absolute Gasteiger partial charge is 0.344 e. The smallest absolute Gasteiger partial charge is 0.209 e. The Morgan fingerprint density at radius 1 is 0.720 bits per heavy atom. The fraction of sp³-hybridized carbons (Fsp3) is 0.283. The first-order chi connectivity index (χ1) is 24.1. The fourth-order valence-corrected chi connectivity index (χ4v) is 8.96. The van der Waals surface area contributed by atoms with Crippen molar-refractivity contribution in [2.75, 3.05) is 18.0 Å². The van der Waals surface area contributed by atoms with Crippen LogP contribution in [0.4, 0.5) is 11.4 Å². The van der Waals surface area contributed by atoms with Crippen LogP contribution in [0.5, 0.6) is 0 Å². The molecule has 0 aromatic heterocycles. The van der Waals surface area contributed by atoms with Gasteiger partial charge in [0.1, 0.15) is 6.54 Å². The molecule has 2 aliphatic heterocycles. The molecule has 0 spiro atoms. The van der Waals surface area contributed by atoms with E-state index in [1.807, 2.05) is 12.1 Å². The summed E-state index contributed by atoms with van der Waals surface area (Å²) in [5.41, 5.74) is 14.2. The molecular formula is C46H47Cl2N2+. The number of fused-ring (bicyclic) bond motifs is 2. The third-order valence-electron chi connectivity index (χ3n) is 11.1. The average Bonchev–Trinajstić information content (AvgIpc) is 3.68. The Bertz CT molecular complexity index is 2050.